The van der Waals surface area contributed by atoms with E-state index in [4.69, 9.17) is 17.3 Å². The quantitative estimate of drug-likeness (QED) is 0.758. The van der Waals surface area contributed by atoms with Crippen LogP contribution >= 0.6 is 11.6 Å². The van der Waals surface area contributed by atoms with Gasteiger partial charge in [-0.1, -0.05) is 43.9 Å². The lowest BCUT2D eigenvalue weighted by Gasteiger charge is -2.11. The van der Waals surface area contributed by atoms with E-state index in [9.17, 15) is 4.39 Å². The van der Waals surface area contributed by atoms with E-state index in [-0.39, 0.29) is 16.9 Å². The van der Waals surface area contributed by atoms with E-state index in [0.29, 0.717) is 0 Å². The van der Waals surface area contributed by atoms with Gasteiger partial charge in [0, 0.05) is 6.04 Å². The maximum Gasteiger partial charge on any atom is 0.142 e. The Hall–Kier alpha value is -0.600. The minimum absolute atomic E-state index is 0.0803. The maximum absolute atomic E-state index is 13.1. The summed E-state index contributed by atoms with van der Waals surface area (Å²) in [6.45, 7) is 2.15. The molecular weight excluding hydrogens is 213 g/mol. The maximum atomic E-state index is 13.1. The zero-order valence-electron chi connectivity index (χ0n) is 8.97. The fourth-order valence-electron chi connectivity index (χ4n) is 1.52. The lowest BCUT2D eigenvalue weighted by atomic mass is 10.0. The molecule has 2 N–H and O–H groups in total. The molecule has 0 bridgehead atoms. The molecule has 0 amide bonds. The first-order chi connectivity index (χ1) is 7.15. The summed E-state index contributed by atoms with van der Waals surface area (Å²) in [7, 11) is 0. The number of halogens is 2. The minimum atomic E-state index is -0.389. The second-order valence-corrected chi connectivity index (χ2v) is 4.18. The lowest BCUT2D eigenvalue weighted by Crippen LogP contribution is -2.10. The highest BCUT2D eigenvalue weighted by atomic mass is 35.5. The summed E-state index contributed by atoms with van der Waals surface area (Å²) in [5.74, 6) is -0.389. The molecule has 0 fully saturated rings. The Morgan fingerprint density at radius 3 is 2.73 bits per heavy atom. The molecule has 0 aliphatic carbocycles. The zero-order chi connectivity index (χ0) is 11.3. The highest BCUT2D eigenvalue weighted by Crippen LogP contribution is 2.22. The standard InChI is InChI=1S/C12H17ClFN/c1-2-3-4-5-12(15)9-6-7-10(13)11(14)8-9/h6-8,12H,2-5,15H2,1H3. The summed E-state index contributed by atoms with van der Waals surface area (Å²) < 4.78 is 13.1. The van der Waals surface area contributed by atoms with Gasteiger partial charge in [-0.15, -0.1) is 0 Å². The van der Waals surface area contributed by atoms with E-state index in [2.05, 4.69) is 6.92 Å². The monoisotopic (exact) mass is 229 g/mol. The minimum Gasteiger partial charge on any atom is -0.324 e. The third-order valence-corrected chi connectivity index (χ3v) is 2.80. The zero-order valence-corrected chi connectivity index (χ0v) is 9.73. The molecule has 0 aromatic heterocycles. The summed E-state index contributed by atoms with van der Waals surface area (Å²) in [4.78, 5) is 0. The molecule has 1 rings (SSSR count). The molecule has 0 aliphatic rings. The van der Waals surface area contributed by atoms with Crippen molar-refractivity contribution in [1.29, 1.82) is 0 Å². The molecule has 1 aromatic carbocycles. The third-order valence-electron chi connectivity index (χ3n) is 2.49. The first-order valence-corrected chi connectivity index (χ1v) is 5.73. The van der Waals surface area contributed by atoms with Crippen LogP contribution in [0, 0.1) is 5.82 Å². The van der Waals surface area contributed by atoms with E-state index < -0.39 is 0 Å². The van der Waals surface area contributed by atoms with Crippen LogP contribution in [0.2, 0.25) is 5.02 Å². The molecule has 1 nitrogen and oxygen atoms in total. The lowest BCUT2D eigenvalue weighted by molar-refractivity contribution is 0.572. The predicted octanol–water partition coefficient (Wildman–Crippen LogP) is 4.06. The van der Waals surface area contributed by atoms with E-state index in [1.165, 1.54) is 18.9 Å². The van der Waals surface area contributed by atoms with Gasteiger partial charge in [0.1, 0.15) is 5.82 Å². The first-order valence-electron chi connectivity index (χ1n) is 5.35. The molecule has 0 saturated carbocycles. The molecule has 0 heterocycles. The molecule has 0 radical (unpaired) electrons. The fraction of sp³-hybridized carbons (Fsp3) is 0.500. The van der Waals surface area contributed by atoms with Crippen molar-refractivity contribution in [3.63, 3.8) is 0 Å². The van der Waals surface area contributed by atoms with Crippen LogP contribution in [0.15, 0.2) is 18.2 Å². The van der Waals surface area contributed by atoms with Crippen molar-refractivity contribution in [3.05, 3.63) is 34.6 Å². The van der Waals surface area contributed by atoms with Crippen molar-refractivity contribution in [1.82, 2.24) is 0 Å². The van der Waals surface area contributed by atoms with E-state index in [0.717, 1.165) is 18.4 Å². The van der Waals surface area contributed by atoms with Gasteiger partial charge in [-0.05, 0) is 24.1 Å². The molecule has 0 spiro atoms. The molecule has 1 aromatic rings. The fourth-order valence-corrected chi connectivity index (χ4v) is 1.64. The summed E-state index contributed by atoms with van der Waals surface area (Å²) in [5.41, 5.74) is 6.77. The number of unbranched alkanes of at least 4 members (excludes halogenated alkanes) is 2. The van der Waals surface area contributed by atoms with Crippen LogP contribution in [0.4, 0.5) is 4.39 Å². The second-order valence-electron chi connectivity index (χ2n) is 3.78. The summed E-state index contributed by atoms with van der Waals surface area (Å²) in [6, 6.07) is 4.70. The van der Waals surface area contributed by atoms with Gasteiger partial charge in [0.2, 0.25) is 0 Å². The molecule has 0 aliphatic heterocycles. The van der Waals surface area contributed by atoms with Crippen molar-refractivity contribution in [3.8, 4) is 0 Å². The van der Waals surface area contributed by atoms with E-state index >= 15 is 0 Å². The molecular formula is C12H17ClFN. The summed E-state index contributed by atoms with van der Waals surface area (Å²) >= 11 is 5.60. The van der Waals surface area contributed by atoms with Gasteiger partial charge in [-0.25, -0.2) is 4.39 Å². The molecule has 84 valence electrons. The molecule has 0 saturated heterocycles. The number of rotatable bonds is 5. The largest absolute Gasteiger partial charge is 0.324 e. The van der Waals surface area contributed by atoms with Crippen molar-refractivity contribution < 1.29 is 4.39 Å². The molecule has 1 unspecified atom stereocenters. The normalized spacial score (nSPS) is 12.8. The second kappa shape index (κ2) is 6.09. The van der Waals surface area contributed by atoms with Gasteiger partial charge < -0.3 is 5.73 Å². The Morgan fingerprint density at radius 2 is 2.13 bits per heavy atom. The van der Waals surface area contributed by atoms with Gasteiger partial charge >= 0.3 is 0 Å². The number of hydrogen-bond donors (Lipinski definition) is 1. The van der Waals surface area contributed by atoms with Crippen LogP contribution in [0.1, 0.15) is 44.2 Å². The van der Waals surface area contributed by atoms with Gasteiger partial charge in [-0.3, -0.25) is 0 Å². The Bertz CT molecular complexity index is 314. The van der Waals surface area contributed by atoms with Gasteiger partial charge in [-0.2, -0.15) is 0 Å². The van der Waals surface area contributed by atoms with Crippen molar-refractivity contribution in [2.24, 2.45) is 5.73 Å². The average Bonchev–Trinajstić information content (AvgIpc) is 2.22. The van der Waals surface area contributed by atoms with Gasteiger partial charge in [0.15, 0.2) is 0 Å². The predicted molar refractivity (Wildman–Crippen MR) is 62.5 cm³/mol. The van der Waals surface area contributed by atoms with Crippen LogP contribution < -0.4 is 5.73 Å². The third kappa shape index (κ3) is 3.80. The number of nitrogens with two attached hydrogens (primary N) is 1. The number of benzene rings is 1. The van der Waals surface area contributed by atoms with Crippen LogP contribution in [0.5, 0.6) is 0 Å². The van der Waals surface area contributed by atoms with Crippen molar-refractivity contribution >= 4 is 11.6 Å². The number of hydrogen-bond acceptors (Lipinski definition) is 1. The summed E-state index contributed by atoms with van der Waals surface area (Å²) in [6.07, 6.45) is 4.32. The van der Waals surface area contributed by atoms with E-state index in [1.54, 1.807) is 12.1 Å². The Morgan fingerprint density at radius 1 is 1.40 bits per heavy atom. The Kier molecular flexibility index (Phi) is 5.06. The average molecular weight is 230 g/mol. The highest BCUT2D eigenvalue weighted by Gasteiger charge is 2.08. The molecule has 1 atom stereocenters. The topological polar surface area (TPSA) is 26.0 Å². The van der Waals surface area contributed by atoms with Crippen molar-refractivity contribution in [2.75, 3.05) is 0 Å². The van der Waals surface area contributed by atoms with Crippen molar-refractivity contribution in [2.45, 2.75) is 38.6 Å². The smallest absolute Gasteiger partial charge is 0.142 e. The Labute approximate surface area is 95.4 Å². The SMILES string of the molecule is CCCCCC(N)c1ccc(Cl)c(F)c1. The summed E-state index contributed by atoms with van der Waals surface area (Å²) in [5, 5.41) is 0.152. The van der Waals surface area contributed by atoms with Crippen LogP contribution in [0.3, 0.4) is 0 Å². The highest BCUT2D eigenvalue weighted by molar-refractivity contribution is 6.30. The first kappa shape index (κ1) is 12.5. The van der Waals surface area contributed by atoms with Crippen LogP contribution in [-0.4, -0.2) is 0 Å². The van der Waals surface area contributed by atoms with Crippen LogP contribution in [-0.2, 0) is 0 Å². The van der Waals surface area contributed by atoms with Crippen LogP contribution in [0.25, 0.3) is 0 Å². The molecule has 3 heteroatoms. The van der Waals surface area contributed by atoms with E-state index in [1.807, 2.05) is 0 Å². The Balaban J connectivity index is 2.57. The molecule has 15 heavy (non-hydrogen) atoms. The van der Waals surface area contributed by atoms with Gasteiger partial charge in [0.25, 0.3) is 0 Å². The van der Waals surface area contributed by atoms with Gasteiger partial charge in [0.05, 0.1) is 5.02 Å².